The van der Waals surface area contributed by atoms with E-state index in [-0.39, 0.29) is 0 Å². The molecule has 0 aromatic heterocycles. The Morgan fingerprint density at radius 2 is 2.19 bits per heavy atom. The van der Waals surface area contributed by atoms with Gasteiger partial charge in [0, 0.05) is 18.6 Å². The van der Waals surface area contributed by atoms with Crippen molar-refractivity contribution in [2.75, 3.05) is 6.61 Å². The van der Waals surface area contributed by atoms with E-state index < -0.39 is 0 Å². The third-order valence-corrected chi connectivity index (χ3v) is 3.46. The van der Waals surface area contributed by atoms with E-state index in [1.165, 1.54) is 5.56 Å². The molecular formula is C13H20N2O. The number of nitrogens with two attached hydrogens (primary N) is 1. The van der Waals surface area contributed by atoms with Gasteiger partial charge >= 0.3 is 0 Å². The minimum atomic E-state index is 0.305. The molecule has 2 rings (SSSR count). The Labute approximate surface area is 97.0 Å². The van der Waals surface area contributed by atoms with Crippen molar-refractivity contribution in [1.82, 2.24) is 5.43 Å². The molecule has 1 aliphatic heterocycles. The third-order valence-electron chi connectivity index (χ3n) is 3.46. The van der Waals surface area contributed by atoms with Crippen LogP contribution in [0.1, 0.15) is 18.9 Å². The molecule has 0 saturated carbocycles. The number of rotatable bonds is 4. The highest BCUT2D eigenvalue weighted by molar-refractivity contribution is 5.16. The number of hydrogen-bond acceptors (Lipinski definition) is 3. The highest BCUT2D eigenvalue weighted by atomic mass is 16.5. The Balaban J connectivity index is 2.00. The molecule has 16 heavy (non-hydrogen) atoms. The van der Waals surface area contributed by atoms with Gasteiger partial charge in [-0.3, -0.25) is 11.3 Å². The van der Waals surface area contributed by atoms with Gasteiger partial charge in [0.05, 0.1) is 6.10 Å². The Morgan fingerprint density at radius 3 is 2.75 bits per heavy atom. The van der Waals surface area contributed by atoms with Gasteiger partial charge in [0.15, 0.2) is 0 Å². The summed E-state index contributed by atoms with van der Waals surface area (Å²) in [7, 11) is 0. The zero-order chi connectivity index (χ0) is 11.4. The quantitative estimate of drug-likeness (QED) is 0.597. The predicted molar refractivity (Wildman–Crippen MR) is 64.8 cm³/mol. The molecule has 1 saturated heterocycles. The van der Waals surface area contributed by atoms with Crippen molar-refractivity contribution in [3.05, 3.63) is 35.9 Å². The predicted octanol–water partition coefficient (Wildman–Crippen LogP) is 1.49. The summed E-state index contributed by atoms with van der Waals surface area (Å²) in [5.41, 5.74) is 4.27. The fourth-order valence-electron chi connectivity index (χ4n) is 2.48. The smallest absolute Gasteiger partial charge is 0.0591 e. The largest absolute Gasteiger partial charge is 0.378 e. The van der Waals surface area contributed by atoms with Crippen LogP contribution in [0.15, 0.2) is 30.3 Å². The Morgan fingerprint density at radius 1 is 1.44 bits per heavy atom. The summed E-state index contributed by atoms with van der Waals surface area (Å²) in [4.78, 5) is 0. The van der Waals surface area contributed by atoms with Crippen LogP contribution in [0.3, 0.4) is 0 Å². The average Bonchev–Trinajstić information content (AvgIpc) is 2.74. The molecule has 1 aliphatic rings. The van der Waals surface area contributed by atoms with Crippen LogP contribution >= 0.6 is 0 Å². The zero-order valence-electron chi connectivity index (χ0n) is 9.73. The van der Waals surface area contributed by atoms with Crippen LogP contribution < -0.4 is 11.3 Å². The van der Waals surface area contributed by atoms with Crippen molar-refractivity contribution in [2.45, 2.75) is 31.9 Å². The third kappa shape index (κ3) is 2.61. The highest BCUT2D eigenvalue weighted by Gasteiger charge is 2.31. The van der Waals surface area contributed by atoms with Gasteiger partial charge in [-0.05, 0) is 25.3 Å². The molecule has 0 amide bonds. The lowest BCUT2D eigenvalue weighted by Crippen LogP contribution is -2.44. The van der Waals surface area contributed by atoms with Gasteiger partial charge in [0.1, 0.15) is 0 Å². The SMILES string of the molecule is CC1OCCC1C(Cc1ccccc1)NN. The molecule has 0 spiro atoms. The molecule has 3 atom stereocenters. The van der Waals surface area contributed by atoms with Gasteiger partial charge in [-0.25, -0.2) is 0 Å². The summed E-state index contributed by atoms with van der Waals surface area (Å²) in [5.74, 6) is 6.18. The summed E-state index contributed by atoms with van der Waals surface area (Å²) >= 11 is 0. The molecule has 1 heterocycles. The number of hydrogen-bond donors (Lipinski definition) is 2. The van der Waals surface area contributed by atoms with Crippen LogP contribution in [0.5, 0.6) is 0 Å². The van der Waals surface area contributed by atoms with Gasteiger partial charge in [-0.15, -0.1) is 0 Å². The highest BCUT2D eigenvalue weighted by Crippen LogP contribution is 2.25. The van der Waals surface area contributed by atoms with E-state index in [4.69, 9.17) is 10.6 Å². The molecule has 88 valence electrons. The monoisotopic (exact) mass is 220 g/mol. The van der Waals surface area contributed by atoms with Crippen LogP contribution in [0.2, 0.25) is 0 Å². The molecule has 0 aliphatic carbocycles. The first kappa shape index (κ1) is 11.6. The summed E-state index contributed by atoms with van der Waals surface area (Å²) in [6.45, 7) is 2.99. The molecule has 0 bridgehead atoms. The topological polar surface area (TPSA) is 47.3 Å². The molecule has 3 unspecified atom stereocenters. The van der Waals surface area contributed by atoms with E-state index >= 15 is 0 Å². The van der Waals surface area contributed by atoms with Crippen LogP contribution in [0, 0.1) is 5.92 Å². The first-order valence-electron chi connectivity index (χ1n) is 5.93. The van der Waals surface area contributed by atoms with Crippen LogP contribution in [0.4, 0.5) is 0 Å². The van der Waals surface area contributed by atoms with E-state index in [2.05, 4.69) is 36.6 Å². The second-order valence-corrected chi connectivity index (χ2v) is 4.49. The van der Waals surface area contributed by atoms with Gasteiger partial charge in [-0.2, -0.15) is 0 Å². The molecule has 3 nitrogen and oxygen atoms in total. The van der Waals surface area contributed by atoms with Crippen molar-refractivity contribution in [3.8, 4) is 0 Å². The van der Waals surface area contributed by atoms with Crippen molar-refractivity contribution in [1.29, 1.82) is 0 Å². The number of ether oxygens (including phenoxy) is 1. The minimum absolute atomic E-state index is 0.305. The van der Waals surface area contributed by atoms with Gasteiger partial charge in [0.25, 0.3) is 0 Å². The molecule has 3 N–H and O–H groups in total. The van der Waals surface area contributed by atoms with Crippen LogP contribution in [0.25, 0.3) is 0 Å². The second kappa shape index (κ2) is 5.43. The van der Waals surface area contributed by atoms with E-state index in [1.54, 1.807) is 0 Å². The Hall–Kier alpha value is -0.900. The van der Waals surface area contributed by atoms with E-state index in [0.717, 1.165) is 19.4 Å². The molecule has 3 heteroatoms. The van der Waals surface area contributed by atoms with E-state index in [0.29, 0.717) is 18.1 Å². The first-order chi connectivity index (χ1) is 7.81. The number of hydrazine groups is 1. The van der Waals surface area contributed by atoms with Crippen LogP contribution in [-0.2, 0) is 11.2 Å². The molecular weight excluding hydrogens is 200 g/mol. The van der Waals surface area contributed by atoms with Crippen LogP contribution in [-0.4, -0.2) is 18.8 Å². The lowest BCUT2D eigenvalue weighted by Gasteiger charge is -2.25. The van der Waals surface area contributed by atoms with Gasteiger partial charge < -0.3 is 4.74 Å². The number of benzene rings is 1. The molecule has 1 aromatic carbocycles. The number of nitrogens with one attached hydrogen (secondary N) is 1. The molecule has 1 aromatic rings. The van der Waals surface area contributed by atoms with Crippen molar-refractivity contribution < 1.29 is 4.74 Å². The Kier molecular flexibility index (Phi) is 3.93. The minimum Gasteiger partial charge on any atom is -0.378 e. The molecule has 1 fully saturated rings. The molecule has 0 radical (unpaired) electrons. The van der Waals surface area contributed by atoms with Crippen molar-refractivity contribution >= 4 is 0 Å². The summed E-state index contributed by atoms with van der Waals surface area (Å²) in [6.07, 6.45) is 2.38. The second-order valence-electron chi connectivity index (χ2n) is 4.49. The standard InChI is InChI=1S/C13H20N2O/c1-10-12(7-8-16-10)13(15-14)9-11-5-3-2-4-6-11/h2-6,10,12-13,15H,7-9,14H2,1H3. The lowest BCUT2D eigenvalue weighted by molar-refractivity contribution is 0.0954. The summed E-state index contributed by atoms with van der Waals surface area (Å²) in [6, 6.07) is 10.8. The first-order valence-corrected chi connectivity index (χ1v) is 5.93. The summed E-state index contributed by atoms with van der Waals surface area (Å²) < 4.78 is 5.59. The van der Waals surface area contributed by atoms with Crippen molar-refractivity contribution in [2.24, 2.45) is 11.8 Å². The summed E-state index contributed by atoms with van der Waals surface area (Å²) in [5, 5.41) is 0. The van der Waals surface area contributed by atoms with Gasteiger partial charge in [0.2, 0.25) is 0 Å². The maximum absolute atomic E-state index is 5.66. The van der Waals surface area contributed by atoms with E-state index in [9.17, 15) is 0 Å². The van der Waals surface area contributed by atoms with Crippen molar-refractivity contribution in [3.63, 3.8) is 0 Å². The normalized spacial score (nSPS) is 26.9. The maximum atomic E-state index is 5.66. The van der Waals surface area contributed by atoms with E-state index in [1.807, 2.05) is 6.07 Å². The zero-order valence-corrected chi connectivity index (χ0v) is 9.73. The fraction of sp³-hybridized carbons (Fsp3) is 0.538. The van der Waals surface area contributed by atoms with Gasteiger partial charge in [-0.1, -0.05) is 30.3 Å². The maximum Gasteiger partial charge on any atom is 0.0591 e. The average molecular weight is 220 g/mol. The fourth-order valence-corrected chi connectivity index (χ4v) is 2.48. The lowest BCUT2D eigenvalue weighted by atomic mass is 9.89. The Bertz CT molecular complexity index is 315.